The van der Waals surface area contributed by atoms with Crippen LogP contribution in [0.25, 0.3) is 0 Å². The Labute approximate surface area is 214 Å². The summed E-state index contributed by atoms with van der Waals surface area (Å²) < 4.78 is 67.7. The monoisotopic (exact) mass is 555 g/mol. The molecule has 11 heteroatoms. The standard InChI is InChI=1S/C25H25ClF3NO4SSi/c1-36(2,3)9-8-25(32)13-15-4-6-17(25)23(15)35(33,34)21-10-14(5-7-18(21)26)24(31)30-16-11-19(27)22(29)20(28)12-16/h5,7,10-12,15,17,23,32H,4,6,13H2,1-3H3,(H,30,31)/t15?,17?,23-,25+/m1/s1. The Hall–Kier alpha value is -2.32. The molecule has 2 unspecified atom stereocenters. The molecule has 2 saturated carbocycles. The van der Waals surface area contributed by atoms with Gasteiger partial charge in [-0.25, -0.2) is 21.6 Å². The summed E-state index contributed by atoms with van der Waals surface area (Å²) in [6.45, 7) is 6.11. The van der Waals surface area contributed by atoms with E-state index in [1.54, 1.807) is 0 Å². The van der Waals surface area contributed by atoms with Gasteiger partial charge in [0.2, 0.25) is 0 Å². The van der Waals surface area contributed by atoms with E-state index in [1.807, 2.05) is 19.6 Å². The van der Waals surface area contributed by atoms with Crippen molar-refractivity contribution in [3.63, 3.8) is 0 Å². The summed E-state index contributed by atoms with van der Waals surface area (Å²) in [6.07, 6.45) is 1.38. The molecule has 2 aromatic rings. The van der Waals surface area contributed by atoms with Crippen LogP contribution in [0, 0.1) is 40.8 Å². The molecule has 4 rings (SSSR count). The number of hydrogen-bond acceptors (Lipinski definition) is 4. The second-order valence-electron chi connectivity index (χ2n) is 10.4. The van der Waals surface area contributed by atoms with Gasteiger partial charge in [0.1, 0.15) is 13.7 Å². The third-order valence-corrected chi connectivity index (χ3v) is 10.3. The van der Waals surface area contributed by atoms with Crippen LogP contribution in [0.3, 0.4) is 0 Å². The number of fused-ring (bicyclic) bond motifs is 2. The van der Waals surface area contributed by atoms with Crippen LogP contribution in [0.15, 0.2) is 35.2 Å². The number of carbonyl (C=O) groups excluding carboxylic acids is 1. The number of benzene rings is 2. The Balaban J connectivity index is 1.65. The summed E-state index contributed by atoms with van der Waals surface area (Å²) >= 11 is 6.25. The summed E-state index contributed by atoms with van der Waals surface area (Å²) in [5, 5.41) is 12.5. The maximum Gasteiger partial charge on any atom is 0.255 e. The van der Waals surface area contributed by atoms with Crippen molar-refractivity contribution in [3.05, 3.63) is 58.4 Å². The zero-order valence-electron chi connectivity index (χ0n) is 19.8. The van der Waals surface area contributed by atoms with E-state index in [2.05, 4.69) is 16.8 Å². The third-order valence-electron chi connectivity index (χ3n) is 6.65. The van der Waals surface area contributed by atoms with Crippen LogP contribution in [0.4, 0.5) is 18.9 Å². The number of halogens is 4. The maximum absolute atomic E-state index is 13.8. The molecule has 0 aromatic heterocycles. The summed E-state index contributed by atoms with van der Waals surface area (Å²) in [4.78, 5) is 12.4. The van der Waals surface area contributed by atoms with Gasteiger partial charge in [-0.2, -0.15) is 0 Å². The van der Waals surface area contributed by atoms with E-state index in [1.165, 1.54) is 12.1 Å². The van der Waals surface area contributed by atoms with Gasteiger partial charge in [-0.1, -0.05) is 37.2 Å². The molecule has 0 saturated heterocycles. The molecule has 0 spiro atoms. The highest BCUT2D eigenvalue weighted by Crippen LogP contribution is 2.55. The highest BCUT2D eigenvalue weighted by Gasteiger charge is 2.61. The predicted octanol–water partition coefficient (Wildman–Crippen LogP) is 5.19. The minimum atomic E-state index is -4.08. The van der Waals surface area contributed by atoms with Crippen molar-refractivity contribution in [2.45, 2.75) is 54.6 Å². The third kappa shape index (κ3) is 4.94. The van der Waals surface area contributed by atoms with Crippen molar-refractivity contribution in [2.75, 3.05) is 5.32 Å². The van der Waals surface area contributed by atoms with E-state index in [-0.39, 0.29) is 33.5 Å². The summed E-state index contributed by atoms with van der Waals surface area (Å²) in [5.74, 6) is -3.40. The van der Waals surface area contributed by atoms with Crippen molar-refractivity contribution >= 4 is 41.1 Å². The van der Waals surface area contributed by atoms with Crippen LogP contribution in [0.1, 0.15) is 29.6 Å². The number of nitrogens with one attached hydrogen (secondary N) is 1. The molecule has 5 nitrogen and oxygen atoms in total. The number of hydrogen-bond donors (Lipinski definition) is 2. The predicted molar refractivity (Wildman–Crippen MR) is 134 cm³/mol. The molecule has 0 radical (unpaired) electrons. The molecule has 2 aliphatic rings. The van der Waals surface area contributed by atoms with Crippen molar-refractivity contribution in [3.8, 4) is 11.5 Å². The lowest BCUT2D eigenvalue weighted by molar-refractivity contribution is 0.0441. The Kier molecular flexibility index (Phi) is 6.84. The van der Waals surface area contributed by atoms with Gasteiger partial charge >= 0.3 is 0 Å². The molecule has 2 fully saturated rings. The van der Waals surface area contributed by atoms with Gasteiger partial charge in [0.25, 0.3) is 5.91 Å². The van der Waals surface area contributed by atoms with Crippen LogP contribution in [-0.4, -0.2) is 38.4 Å². The Morgan fingerprint density at radius 1 is 1.14 bits per heavy atom. The average molecular weight is 556 g/mol. The molecular formula is C25H25ClF3NO4SSi. The first-order chi connectivity index (χ1) is 16.6. The summed E-state index contributed by atoms with van der Waals surface area (Å²) in [7, 11) is -5.88. The first kappa shape index (κ1) is 26.7. The van der Waals surface area contributed by atoms with Crippen LogP contribution < -0.4 is 5.32 Å². The lowest BCUT2D eigenvalue weighted by Gasteiger charge is -2.28. The fourth-order valence-electron chi connectivity index (χ4n) is 5.08. The van der Waals surface area contributed by atoms with E-state index < -0.39 is 58.0 Å². The maximum atomic E-state index is 13.8. The first-order valence-corrected chi connectivity index (χ1v) is 16.8. The van der Waals surface area contributed by atoms with Gasteiger partial charge < -0.3 is 10.4 Å². The molecule has 0 heterocycles. The Morgan fingerprint density at radius 2 is 1.78 bits per heavy atom. The molecule has 1 amide bonds. The van der Waals surface area contributed by atoms with Crippen LogP contribution >= 0.6 is 11.6 Å². The van der Waals surface area contributed by atoms with Crippen molar-refractivity contribution in [1.29, 1.82) is 0 Å². The minimum absolute atomic E-state index is 0.0894. The molecule has 4 atom stereocenters. The van der Waals surface area contributed by atoms with Gasteiger partial charge in [0.05, 0.1) is 15.2 Å². The van der Waals surface area contributed by atoms with Gasteiger partial charge in [0, 0.05) is 29.3 Å². The van der Waals surface area contributed by atoms with E-state index in [0.29, 0.717) is 25.0 Å². The van der Waals surface area contributed by atoms with E-state index in [9.17, 15) is 31.5 Å². The van der Waals surface area contributed by atoms with Crippen LogP contribution in [0.2, 0.25) is 24.7 Å². The Morgan fingerprint density at radius 3 is 2.39 bits per heavy atom. The SMILES string of the molecule is C[Si](C)(C)C#C[C@]1(O)CC2CCC1[C@@H]2S(=O)(=O)c1cc(C(=O)Nc2cc(F)c(F)c(F)c2)ccc1Cl. The molecule has 2 bridgehead atoms. The highest BCUT2D eigenvalue weighted by atomic mass is 35.5. The summed E-state index contributed by atoms with van der Waals surface area (Å²) in [6, 6.07) is 4.85. The molecule has 36 heavy (non-hydrogen) atoms. The lowest BCUT2D eigenvalue weighted by atomic mass is 9.85. The normalized spacial score (nSPS) is 25.4. The lowest BCUT2D eigenvalue weighted by Crippen LogP contribution is -2.38. The molecule has 2 N–H and O–H groups in total. The van der Waals surface area contributed by atoms with Crippen LogP contribution in [0.5, 0.6) is 0 Å². The molecule has 2 aliphatic carbocycles. The van der Waals surface area contributed by atoms with Gasteiger partial charge in [0.15, 0.2) is 27.3 Å². The second kappa shape index (κ2) is 9.21. The second-order valence-corrected chi connectivity index (χ2v) is 17.7. The topological polar surface area (TPSA) is 83.5 Å². The quantitative estimate of drug-likeness (QED) is 0.309. The number of rotatable bonds is 4. The van der Waals surface area contributed by atoms with Gasteiger partial charge in [-0.3, -0.25) is 4.79 Å². The van der Waals surface area contributed by atoms with E-state index in [0.717, 1.165) is 6.07 Å². The fourth-order valence-corrected chi connectivity index (χ4v) is 8.57. The van der Waals surface area contributed by atoms with Crippen molar-refractivity contribution < 1.29 is 31.5 Å². The summed E-state index contributed by atoms with van der Waals surface area (Å²) in [5.41, 5.74) is 1.30. The zero-order chi connectivity index (χ0) is 26.6. The fraction of sp³-hybridized carbons (Fsp3) is 0.400. The number of carbonyl (C=O) groups is 1. The number of amides is 1. The molecule has 2 aromatic carbocycles. The molecular weight excluding hydrogens is 531 g/mol. The van der Waals surface area contributed by atoms with E-state index >= 15 is 0 Å². The zero-order valence-corrected chi connectivity index (χ0v) is 22.4. The van der Waals surface area contributed by atoms with Gasteiger partial charge in [-0.15, -0.1) is 5.54 Å². The number of sulfone groups is 1. The largest absolute Gasteiger partial charge is 0.377 e. The van der Waals surface area contributed by atoms with Crippen molar-refractivity contribution in [2.24, 2.45) is 11.8 Å². The average Bonchev–Trinajstić information content (AvgIpc) is 3.32. The smallest absolute Gasteiger partial charge is 0.255 e. The number of anilines is 1. The van der Waals surface area contributed by atoms with E-state index in [4.69, 9.17) is 11.6 Å². The van der Waals surface area contributed by atoms with Crippen molar-refractivity contribution in [1.82, 2.24) is 0 Å². The van der Waals surface area contributed by atoms with Crippen LogP contribution in [-0.2, 0) is 9.84 Å². The minimum Gasteiger partial charge on any atom is -0.377 e. The molecule has 0 aliphatic heterocycles. The van der Waals surface area contributed by atoms with Gasteiger partial charge in [-0.05, 0) is 43.4 Å². The first-order valence-electron chi connectivity index (χ1n) is 11.4. The number of aliphatic hydroxyl groups is 1. The highest BCUT2D eigenvalue weighted by molar-refractivity contribution is 7.92. The molecule has 192 valence electrons. The Bertz CT molecular complexity index is 1390.